The maximum atomic E-state index is 13.7. The average Bonchev–Trinajstić information content (AvgIpc) is 2.59. The zero-order valence-corrected chi connectivity index (χ0v) is 17.9. The molecule has 1 aliphatic heterocycles. The molecule has 1 unspecified atom stereocenters. The Kier molecular flexibility index (Phi) is 8.16. The molecule has 2 N–H and O–H groups in total. The van der Waals surface area contributed by atoms with Crippen LogP contribution < -0.4 is 10.1 Å². The first-order valence-corrected chi connectivity index (χ1v) is 8.64. The Labute approximate surface area is 184 Å². The number of carbonyl (C=O) groups is 1. The van der Waals surface area contributed by atoms with Crippen molar-refractivity contribution < 1.29 is 27.8 Å². The van der Waals surface area contributed by atoms with Gasteiger partial charge in [0.05, 0.1) is 23.2 Å². The molecule has 5 nitrogen and oxygen atoms in total. The van der Waals surface area contributed by atoms with Crippen molar-refractivity contribution in [1.82, 2.24) is 4.98 Å². The minimum atomic E-state index is -4.64. The number of nitrogens with one attached hydrogen (secondary N) is 1. The fraction of sp³-hybridized carbons (Fsp3) is 0.300. The molecule has 0 bridgehead atoms. The van der Waals surface area contributed by atoms with E-state index < -0.39 is 23.6 Å². The summed E-state index contributed by atoms with van der Waals surface area (Å²) in [6, 6.07) is 6.57. The molecule has 1 aromatic heterocycles. The van der Waals surface area contributed by atoms with Crippen LogP contribution in [0.2, 0.25) is 0 Å². The van der Waals surface area contributed by atoms with Crippen LogP contribution in [0.4, 0.5) is 18.9 Å². The van der Waals surface area contributed by atoms with E-state index in [-0.39, 0.29) is 59.2 Å². The first kappa shape index (κ1) is 25.6. The second-order valence-electron chi connectivity index (χ2n) is 6.73. The summed E-state index contributed by atoms with van der Waals surface area (Å²) in [5.41, 5.74) is -0.213. The van der Waals surface area contributed by atoms with Gasteiger partial charge in [-0.05, 0) is 38.5 Å². The lowest BCUT2D eigenvalue weighted by Gasteiger charge is -2.32. The van der Waals surface area contributed by atoms with Gasteiger partial charge in [0.15, 0.2) is 0 Å². The maximum absolute atomic E-state index is 13.7. The number of hydrogen-bond donors (Lipinski definition) is 2. The van der Waals surface area contributed by atoms with Gasteiger partial charge in [-0.3, -0.25) is 0 Å². The smallest absolute Gasteiger partial charge is 0.416 e. The molecule has 1 aromatic carbocycles. The van der Waals surface area contributed by atoms with Crippen molar-refractivity contribution in [2.75, 3.05) is 5.32 Å². The van der Waals surface area contributed by atoms with E-state index in [0.29, 0.717) is 5.69 Å². The zero-order valence-electron chi connectivity index (χ0n) is 16.3. The normalized spacial score (nSPS) is 15.5. The molecule has 1 atom stereocenters. The highest BCUT2D eigenvalue weighted by molar-refractivity contribution is 5.93. The van der Waals surface area contributed by atoms with E-state index in [0.717, 1.165) is 6.07 Å². The molecular formula is C20H21Cl2F3N2O3. The van der Waals surface area contributed by atoms with Gasteiger partial charge in [0.1, 0.15) is 0 Å². The summed E-state index contributed by atoms with van der Waals surface area (Å²) in [7, 11) is 0. The lowest BCUT2D eigenvalue weighted by Crippen LogP contribution is -2.26. The van der Waals surface area contributed by atoms with Gasteiger partial charge < -0.3 is 15.2 Å². The van der Waals surface area contributed by atoms with E-state index >= 15 is 0 Å². The fourth-order valence-electron chi connectivity index (χ4n) is 3.39. The van der Waals surface area contributed by atoms with Gasteiger partial charge in [-0.1, -0.05) is 18.2 Å². The Morgan fingerprint density at radius 2 is 1.83 bits per heavy atom. The number of nitrogens with zero attached hydrogens (tertiary/aromatic N) is 1. The molecule has 0 aliphatic carbocycles. The quantitative estimate of drug-likeness (QED) is 0.611. The van der Waals surface area contributed by atoms with E-state index in [4.69, 9.17) is 4.74 Å². The van der Waals surface area contributed by atoms with E-state index in [1.807, 2.05) is 0 Å². The highest BCUT2D eigenvalue weighted by Gasteiger charge is 2.41. The Hall–Kier alpha value is -2.45. The monoisotopic (exact) mass is 464 g/mol. The zero-order chi connectivity index (χ0) is 20.6. The van der Waals surface area contributed by atoms with Crippen LogP contribution in [0.3, 0.4) is 0 Å². The SMILES string of the molecule is CC1=C(C(=O)O)C(c2ccccc2C(F)(F)F)c2c(ccnc2OC(C)C)N1.Cl.Cl. The Morgan fingerprint density at radius 1 is 1.20 bits per heavy atom. The summed E-state index contributed by atoms with van der Waals surface area (Å²) in [4.78, 5) is 16.2. The van der Waals surface area contributed by atoms with Gasteiger partial charge in [0.25, 0.3) is 0 Å². The number of allylic oxidation sites excluding steroid dienone is 1. The van der Waals surface area contributed by atoms with Gasteiger partial charge in [0.2, 0.25) is 5.88 Å². The van der Waals surface area contributed by atoms with Crippen LogP contribution in [0.5, 0.6) is 5.88 Å². The number of rotatable bonds is 4. The third kappa shape index (κ3) is 4.82. The van der Waals surface area contributed by atoms with Crippen LogP contribution in [-0.2, 0) is 11.0 Å². The molecule has 30 heavy (non-hydrogen) atoms. The predicted molar refractivity (Wildman–Crippen MR) is 112 cm³/mol. The highest BCUT2D eigenvalue weighted by atomic mass is 35.5. The first-order valence-electron chi connectivity index (χ1n) is 8.64. The van der Waals surface area contributed by atoms with E-state index in [1.165, 1.54) is 31.3 Å². The number of carboxylic acids is 1. The standard InChI is InChI=1S/C20H19F3N2O3.2ClH/c1-10(2)28-18-17-14(8-9-24-18)25-11(3)15(19(26)27)16(17)12-6-4-5-7-13(12)20(21,22)23;;/h4-10,16,25H,1-3H3,(H,26,27);2*1H. The third-order valence-corrected chi connectivity index (χ3v) is 4.41. The molecule has 0 fully saturated rings. The van der Waals surface area contributed by atoms with Gasteiger partial charge >= 0.3 is 12.1 Å². The van der Waals surface area contributed by atoms with E-state index in [1.54, 1.807) is 19.9 Å². The van der Waals surface area contributed by atoms with Crippen LogP contribution in [0, 0.1) is 0 Å². The minimum Gasteiger partial charge on any atom is -0.478 e. The minimum absolute atomic E-state index is 0. The molecule has 0 radical (unpaired) electrons. The van der Waals surface area contributed by atoms with E-state index in [2.05, 4.69) is 10.3 Å². The molecule has 2 heterocycles. The second-order valence-corrected chi connectivity index (χ2v) is 6.73. The summed E-state index contributed by atoms with van der Waals surface area (Å²) in [5.74, 6) is -2.39. The number of pyridine rings is 1. The molecule has 0 amide bonds. The van der Waals surface area contributed by atoms with E-state index in [9.17, 15) is 23.1 Å². The lowest BCUT2D eigenvalue weighted by atomic mass is 9.79. The largest absolute Gasteiger partial charge is 0.478 e. The number of ether oxygens (including phenoxy) is 1. The number of benzene rings is 1. The van der Waals surface area contributed by atoms with Gasteiger partial charge in [0, 0.05) is 23.1 Å². The number of aliphatic carboxylic acids is 1. The fourth-order valence-corrected chi connectivity index (χ4v) is 3.39. The summed E-state index contributed by atoms with van der Waals surface area (Å²) in [6.07, 6.45) is -3.46. The van der Waals surface area contributed by atoms with Crippen molar-refractivity contribution >= 4 is 36.5 Å². The van der Waals surface area contributed by atoms with Crippen molar-refractivity contribution in [3.05, 3.63) is 64.5 Å². The van der Waals surface area contributed by atoms with Crippen molar-refractivity contribution in [1.29, 1.82) is 0 Å². The van der Waals surface area contributed by atoms with Crippen LogP contribution in [0.15, 0.2) is 47.8 Å². The first-order chi connectivity index (χ1) is 13.1. The van der Waals surface area contributed by atoms with Gasteiger partial charge in [-0.25, -0.2) is 9.78 Å². The molecule has 10 heteroatoms. The van der Waals surface area contributed by atoms with Crippen LogP contribution >= 0.6 is 24.8 Å². The number of alkyl halides is 3. The van der Waals surface area contributed by atoms with Crippen molar-refractivity contribution in [3.8, 4) is 5.88 Å². The van der Waals surface area contributed by atoms with Crippen LogP contribution in [-0.4, -0.2) is 22.2 Å². The highest BCUT2D eigenvalue weighted by Crippen LogP contribution is 2.48. The number of hydrogen-bond acceptors (Lipinski definition) is 4. The summed E-state index contributed by atoms with van der Waals surface area (Å²) in [6.45, 7) is 5.05. The molecule has 1 aliphatic rings. The third-order valence-electron chi connectivity index (χ3n) is 4.41. The second kappa shape index (κ2) is 9.57. The Morgan fingerprint density at radius 3 is 2.40 bits per heavy atom. The lowest BCUT2D eigenvalue weighted by molar-refractivity contribution is -0.139. The van der Waals surface area contributed by atoms with Crippen molar-refractivity contribution in [2.24, 2.45) is 0 Å². The van der Waals surface area contributed by atoms with Crippen LogP contribution in [0.1, 0.15) is 43.4 Å². The van der Waals surface area contributed by atoms with Crippen LogP contribution in [0.25, 0.3) is 0 Å². The number of aromatic nitrogens is 1. The molecule has 0 saturated heterocycles. The maximum Gasteiger partial charge on any atom is 0.416 e. The Balaban J connectivity index is 0.00000225. The number of fused-ring (bicyclic) bond motifs is 1. The molecular weight excluding hydrogens is 444 g/mol. The van der Waals surface area contributed by atoms with Gasteiger partial charge in [-0.2, -0.15) is 13.2 Å². The molecule has 164 valence electrons. The average molecular weight is 465 g/mol. The van der Waals surface area contributed by atoms with Gasteiger partial charge in [-0.15, -0.1) is 24.8 Å². The summed E-state index contributed by atoms with van der Waals surface area (Å²) in [5, 5.41) is 12.8. The number of carboxylic acid groups (broad SMARTS) is 1. The molecule has 3 rings (SSSR count). The number of halogens is 5. The predicted octanol–water partition coefficient (Wildman–Crippen LogP) is 5.65. The Bertz CT molecular complexity index is 963. The summed E-state index contributed by atoms with van der Waals surface area (Å²) >= 11 is 0. The molecule has 0 spiro atoms. The van der Waals surface area contributed by atoms with Crippen molar-refractivity contribution in [3.63, 3.8) is 0 Å². The number of anilines is 1. The van der Waals surface area contributed by atoms with Crippen molar-refractivity contribution in [2.45, 2.75) is 39.0 Å². The summed E-state index contributed by atoms with van der Waals surface area (Å²) < 4.78 is 46.8. The topological polar surface area (TPSA) is 71.5 Å². The molecule has 2 aromatic rings. The molecule has 0 saturated carbocycles.